The van der Waals surface area contributed by atoms with Gasteiger partial charge < -0.3 is 28.6 Å². The third-order valence-corrected chi connectivity index (χ3v) is 6.92. The van der Waals surface area contributed by atoms with Crippen molar-refractivity contribution >= 4 is 38.8 Å². The molecule has 0 aliphatic carbocycles. The van der Waals surface area contributed by atoms with Crippen LogP contribution in [0.5, 0.6) is 11.5 Å². The van der Waals surface area contributed by atoms with Crippen molar-refractivity contribution in [3.05, 3.63) is 62.1 Å². The SMILES string of the molecule is CC[C@]1(O)c2ccn(Cc3cc4cc5c(cc4nc3Br)OCO5)c(=O)c2COC(=O)[C@@H]1OC(C)=O. The van der Waals surface area contributed by atoms with E-state index >= 15 is 0 Å². The van der Waals surface area contributed by atoms with E-state index in [0.717, 1.165) is 17.9 Å². The molecule has 2 aliphatic rings. The number of hydrogen-bond donors (Lipinski definition) is 1. The van der Waals surface area contributed by atoms with E-state index in [1.54, 1.807) is 19.1 Å². The molecule has 11 heteroatoms. The molecule has 4 heterocycles. The Balaban J connectivity index is 1.55. The third-order valence-electron chi connectivity index (χ3n) is 6.24. The largest absolute Gasteiger partial charge is 0.458 e. The molecular weight excluding hydrogens is 524 g/mol. The topological polar surface area (TPSA) is 126 Å². The summed E-state index contributed by atoms with van der Waals surface area (Å²) in [6, 6.07) is 7.07. The molecule has 2 aromatic heterocycles. The standard InChI is InChI=1S/C24H21BrN2O8/c1-3-24(31)16-4-5-27(22(29)15(16)10-32-23(30)20(24)35-12(2)28)9-14-6-13-7-18-19(34-11-33-18)8-17(13)26-21(14)25/h4-8,20,31H,3,9-11H2,1-2H3/t20-,24-/m0/s1. The number of halogens is 1. The summed E-state index contributed by atoms with van der Waals surface area (Å²) in [5.74, 6) is -0.409. The van der Waals surface area contributed by atoms with Crippen LogP contribution in [0.4, 0.5) is 0 Å². The number of hydrogen-bond acceptors (Lipinski definition) is 9. The molecule has 1 aromatic carbocycles. The van der Waals surface area contributed by atoms with Crippen molar-refractivity contribution in [1.29, 1.82) is 0 Å². The highest BCUT2D eigenvalue weighted by molar-refractivity contribution is 9.10. The second-order valence-electron chi connectivity index (χ2n) is 8.35. The zero-order valence-electron chi connectivity index (χ0n) is 18.9. The number of nitrogens with zero attached hydrogens (tertiary/aromatic N) is 2. The van der Waals surface area contributed by atoms with Gasteiger partial charge in [0.05, 0.1) is 17.6 Å². The maximum absolute atomic E-state index is 13.4. The van der Waals surface area contributed by atoms with Gasteiger partial charge in [-0.3, -0.25) is 9.59 Å². The number of carbonyl (C=O) groups is 2. The average Bonchev–Trinajstić information content (AvgIpc) is 3.24. The first kappa shape index (κ1) is 23.3. The van der Waals surface area contributed by atoms with Crippen molar-refractivity contribution in [3.8, 4) is 11.5 Å². The smallest absolute Gasteiger partial charge is 0.351 e. The van der Waals surface area contributed by atoms with Crippen LogP contribution in [0.15, 0.2) is 39.9 Å². The highest BCUT2D eigenvalue weighted by Crippen LogP contribution is 2.37. The number of esters is 2. The van der Waals surface area contributed by atoms with Gasteiger partial charge in [-0.25, -0.2) is 9.78 Å². The van der Waals surface area contributed by atoms with Crippen LogP contribution in [0, 0.1) is 0 Å². The van der Waals surface area contributed by atoms with Crippen LogP contribution in [0.2, 0.25) is 0 Å². The molecule has 0 saturated carbocycles. The maximum Gasteiger partial charge on any atom is 0.351 e. The first-order valence-electron chi connectivity index (χ1n) is 10.9. The van der Waals surface area contributed by atoms with Crippen LogP contribution >= 0.6 is 15.9 Å². The van der Waals surface area contributed by atoms with Gasteiger partial charge in [-0.2, -0.15) is 0 Å². The minimum absolute atomic E-state index is 0.0206. The molecule has 0 amide bonds. The quantitative estimate of drug-likeness (QED) is 0.389. The Bertz CT molecular complexity index is 1440. The first-order valence-corrected chi connectivity index (χ1v) is 11.7. The van der Waals surface area contributed by atoms with E-state index in [2.05, 4.69) is 20.9 Å². The second kappa shape index (κ2) is 8.65. The van der Waals surface area contributed by atoms with E-state index in [4.69, 9.17) is 18.9 Å². The van der Waals surface area contributed by atoms with E-state index in [-0.39, 0.29) is 37.5 Å². The average molecular weight is 545 g/mol. The van der Waals surface area contributed by atoms with Gasteiger partial charge in [0.15, 0.2) is 11.5 Å². The summed E-state index contributed by atoms with van der Waals surface area (Å²) >= 11 is 3.48. The molecule has 0 spiro atoms. The Kier molecular flexibility index (Phi) is 5.76. The monoisotopic (exact) mass is 544 g/mol. The minimum Gasteiger partial charge on any atom is -0.458 e. The van der Waals surface area contributed by atoms with Crippen LogP contribution < -0.4 is 15.0 Å². The number of aromatic nitrogens is 2. The van der Waals surface area contributed by atoms with E-state index in [9.17, 15) is 19.5 Å². The number of rotatable bonds is 4. The Morgan fingerprint density at radius 3 is 2.71 bits per heavy atom. The van der Waals surface area contributed by atoms with Gasteiger partial charge in [0.1, 0.15) is 16.8 Å². The van der Waals surface area contributed by atoms with Crippen molar-refractivity contribution < 1.29 is 33.6 Å². The van der Waals surface area contributed by atoms with Gasteiger partial charge >= 0.3 is 11.9 Å². The summed E-state index contributed by atoms with van der Waals surface area (Å²) in [7, 11) is 0. The molecule has 2 aliphatic heterocycles. The summed E-state index contributed by atoms with van der Waals surface area (Å²) in [5.41, 5.74) is -0.596. The van der Waals surface area contributed by atoms with Gasteiger partial charge in [0, 0.05) is 35.7 Å². The first-order chi connectivity index (χ1) is 16.7. The van der Waals surface area contributed by atoms with Gasteiger partial charge in [0.25, 0.3) is 5.56 Å². The fraction of sp³-hybridized carbons (Fsp3) is 0.333. The van der Waals surface area contributed by atoms with Crippen LogP contribution in [0.25, 0.3) is 10.9 Å². The molecule has 2 atom stereocenters. The van der Waals surface area contributed by atoms with Crippen molar-refractivity contribution in [2.24, 2.45) is 0 Å². The molecule has 1 N–H and O–H groups in total. The summed E-state index contributed by atoms with van der Waals surface area (Å²) in [6.07, 6.45) is -0.0286. The van der Waals surface area contributed by atoms with Gasteiger partial charge in [-0.05, 0) is 40.5 Å². The maximum atomic E-state index is 13.4. The fourth-order valence-electron chi connectivity index (χ4n) is 4.41. The predicted molar refractivity (Wildman–Crippen MR) is 125 cm³/mol. The molecule has 0 fully saturated rings. The summed E-state index contributed by atoms with van der Waals surface area (Å²) in [6.45, 7) is 2.73. The predicted octanol–water partition coefficient (Wildman–Crippen LogP) is 2.52. The molecule has 5 rings (SSSR count). The number of benzene rings is 1. The molecule has 0 bridgehead atoms. The van der Waals surface area contributed by atoms with Crippen molar-refractivity contribution in [2.75, 3.05) is 6.79 Å². The number of aliphatic hydroxyl groups is 1. The molecule has 10 nitrogen and oxygen atoms in total. The number of ether oxygens (including phenoxy) is 4. The molecule has 182 valence electrons. The second-order valence-corrected chi connectivity index (χ2v) is 9.10. The zero-order chi connectivity index (χ0) is 24.9. The minimum atomic E-state index is -1.90. The number of pyridine rings is 2. The lowest BCUT2D eigenvalue weighted by Gasteiger charge is -2.32. The Hall–Kier alpha value is -3.44. The molecule has 0 saturated heterocycles. The zero-order valence-corrected chi connectivity index (χ0v) is 20.5. The van der Waals surface area contributed by atoms with E-state index < -0.39 is 29.2 Å². The molecule has 0 radical (unpaired) electrons. The van der Waals surface area contributed by atoms with Gasteiger partial charge in [-0.1, -0.05) is 6.92 Å². The van der Waals surface area contributed by atoms with E-state index in [1.807, 2.05) is 12.1 Å². The fourth-order valence-corrected chi connectivity index (χ4v) is 4.84. The van der Waals surface area contributed by atoms with E-state index in [1.165, 1.54) is 10.8 Å². The lowest BCUT2D eigenvalue weighted by atomic mass is 9.84. The number of carbonyl (C=O) groups excluding carboxylic acids is 2. The Morgan fingerprint density at radius 2 is 2.00 bits per heavy atom. The molecule has 35 heavy (non-hydrogen) atoms. The van der Waals surface area contributed by atoms with Crippen molar-refractivity contribution in [2.45, 2.75) is 45.1 Å². The highest BCUT2D eigenvalue weighted by Gasteiger charge is 2.49. The summed E-state index contributed by atoms with van der Waals surface area (Å²) in [4.78, 5) is 42.1. The molecule has 3 aromatic rings. The Morgan fingerprint density at radius 1 is 1.26 bits per heavy atom. The van der Waals surface area contributed by atoms with Gasteiger partial charge in [0.2, 0.25) is 12.9 Å². The van der Waals surface area contributed by atoms with Crippen LogP contribution in [0.3, 0.4) is 0 Å². The summed E-state index contributed by atoms with van der Waals surface area (Å²) in [5, 5.41) is 12.2. The van der Waals surface area contributed by atoms with Crippen LogP contribution in [0.1, 0.15) is 37.0 Å². The summed E-state index contributed by atoms with van der Waals surface area (Å²) < 4.78 is 23.2. The molecular formula is C24H21BrN2O8. The number of cyclic esters (lactones) is 1. The van der Waals surface area contributed by atoms with Crippen molar-refractivity contribution in [1.82, 2.24) is 9.55 Å². The highest BCUT2D eigenvalue weighted by atomic mass is 79.9. The van der Waals surface area contributed by atoms with Crippen molar-refractivity contribution in [3.63, 3.8) is 0 Å². The van der Waals surface area contributed by atoms with Gasteiger partial charge in [-0.15, -0.1) is 0 Å². The third kappa shape index (κ3) is 3.94. The lowest BCUT2D eigenvalue weighted by Crippen LogP contribution is -2.47. The molecule has 0 unspecified atom stereocenters. The van der Waals surface area contributed by atoms with Crippen LogP contribution in [-0.4, -0.2) is 39.5 Å². The lowest BCUT2D eigenvalue weighted by molar-refractivity contribution is -0.186. The van der Waals surface area contributed by atoms with E-state index in [0.29, 0.717) is 21.6 Å². The van der Waals surface area contributed by atoms with Crippen LogP contribution in [-0.2, 0) is 37.8 Å². The Labute approximate surface area is 207 Å². The normalized spacial score (nSPS) is 20.8. The number of fused-ring (bicyclic) bond motifs is 3.